The van der Waals surface area contributed by atoms with Gasteiger partial charge in [0.1, 0.15) is 0 Å². The highest BCUT2D eigenvalue weighted by atomic mass is 16.2. The number of anilines is 1. The molecule has 1 amide bonds. The van der Waals surface area contributed by atoms with Gasteiger partial charge < -0.3 is 15.1 Å². The van der Waals surface area contributed by atoms with Crippen molar-refractivity contribution in [3.8, 4) is 0 Å². The van der Waals surface area contributed by atoms with Crippen molar-refractivity contribution in [3.63, 3.8) is 0 Å². The fourth-order valence-corrected chi connectivity index (χ4v) is 5.59. The van der Waals surface area contributed by atoms with E-state index in [0.29, 0.717) is 24.0 Å². The summed E-state index contributed by atoms with van der Waals surface area (Å²) in [7, 11) is 2.13. The van der Waals surface area contributed by atoms with Gasteiger partial charge in [-0.2, -0.15) is 0 Å². The topological polar surface area (TPSA) is 38.8 Å². The molecule has 1 aromatic carbocycles. The molecule has 0 aliphatic carbocycles. The van der Waals surface area contributed by atoms with Gasteiger partial charge in [0.15, 0.2) is 0 Å². The number of hydrogen-bond acceptors (Lipinski definition) is 4. The highest BCUT2D eigenvalue weighted by Crippen LogP contribution is 2.32. The summed E-state index contributed by atoms with van der Waals surface area (Å²) in [5.41, 5.74) is 2.44. The number of benzene rings is 1. The van der Waals surface area contributed by atoms with E-state index in [9.17, 15) is 4.79 Å². The third-order valence-electron chi connectivity index (χ3n) is 6.93. The molecule has 2 fully saturated rings. The second-order valence-electron chi connectivity index (χ2n) is 9.27. The van der Waals surface area contributed by atoms with Gasteiger partial charge in [-0.1, -0.05) is 18.2 Å². The SMILES string of the molecule is CC(C)N1[C@H]2CCNc3ccccc3CN(C(=O)C3CCN(C)C3)C[C@@H]1CC2. The number of fused-ring (bicyclic) bond motifs is 3. The van der Waals surface area contributed by atoms with E-state index in [1.807, 2.05) is 0 Å². The van der Waals surface area contributed by atoms with Gasteiger partial charge in [-0.25, -0.2) is 0 Å². The molecule has 154 valence electrons. The summed E-state index contributed by atoms with van der Waals surface area (Å²) in [5.74, 6) is 0.505. The van der Waals surface area contributed by atoms with Crippen molar-refractivity contribution >= 4 is 11.6 Å². The van der Waals surface area contributed by atoms with Crippen molar-refractivity contribution < 1.29 is 4.79 Å². The number of carbonyl (C=O) groups excluding carboxylic acids is 1. The van der Waals surface area contributed by atoms with Crippen LogP contribution in [0.3, 0.4) is 0 Å². The summed E-state index contributed by atoms with van der Waals surface area (Å²) in [6, 6.07) is 10.2. The maximum Gasteiger partial charge on any atom is 0.227 e. The second-order valence-corrected chi connectivity index (χ2v) is 9.27. The first-order chi connectivity index (χ1) is 13.5. The monoisotopic (exact) mass is 384 g/mol. The average molecular weight is 385 g/mol. The Hall–Kier alpha value is -1.59. The van der Waals surface area contributed by atoms with Crippen LogP contribution in [-0.4, -0.2) is 72.0 Å². The second kappa shape index (κ2) is 8.42. The Morgan fingerprint density at radius 1 is 1.07 bits per heavy atom. The van der Waals surface area contributed by atoms with Crippen molar-refractivity contribution in [2.45, 2.75) is 64.2 Å². The number of amides is 1. The molecule has 5 heteroatoms. The molecule has 2 saturated heterocycles. The number of carbonyl (C=O) groups is 1. The predicted molar refractivity (Wildman–Crippen MR) is 114 cm³/mol. The minimum absolute atomic E-state index is 0.153. The number of para-hydroxylation sites is 1. The van der Waals surface area contributed by atoms with E-state index in [1.165, 1.54) is 30.5 Å². The number of nitrogens with one attached hydrogen (secondary N) is 1. The highest BCUT2D eigenvalue weighted by Gasteiger charge is 2.38. The van der Waals surface area contributed by atoms with Gasteiger partial charge in [-0.05, 0) is 64.8 Å². The number of likely N-dealkylation sites (tertiary alicyclic amines) is 1. The van der Waals surface area contributed by atoms with E-state index < -0.39 is 0 Å². The molecular weight excluding hydrogens is 348 g/mol. The number of rotatable bonds is 2. The molecule has 5 nitrogen and oxygen atoms in total. The van der Waals surface area contributed by atoms with Crippen LogP contribution in [0.15, 0.2) is 24.3 Å². The summed E-state index contributed by atoms with van der Waals surface area (Å²) in [5, 5.41) is 3.67. The van der Waals surface area contributed by atoms with E-state index in [0.717, 1.165) is 39.1 Å². The van der Waals surface area contributed by atoms with Crippen molar-refractivity contribution in [1.82, 2.24) is 14.7 Å². The molecule has 28 heavy (non-hydrogen) atoms. The first-order valence-corrected chi connectivity index (χ1v) is 11.1. The fourth-order valence-electron chi connectivity index (χ4n) is 5.59. The maximum atomic E-state index is 13.5. The summed E-state index contributed by atoms with van der Waals surface area (Å²) >= 11 is 0. The Bertz CT molecular complexity index is 691. The lowest BCUT2D eigenvalue weighted by Gasteiger charge is -2.37. The van der Waals surface area contributed by atoms with Crippen LogP contribution in [0.25, 0.3) is 0 Å². The Balaban J connectivity index is 1.63. The summed E-state index contributed by atoms with van der Waals surface area (Å²) < 4.78 is 0. The van der Waals surface area contributed by atoms with Crippen LogP contribution in [-0.2, 0) is 11.3 Å². The van der Waals surface area contributed by atoms with E-state index >= 15 is 0 Å². The number of hydrogen-bond donors (Lipinski definition) is 1. The third kappa shape index (κ3) is 4.06. The van der Waals surface area contributed by atoms with E-state index in [4.69, 9.17) is 0 Å². The molecule has 1 aromatic rings. The molecular formula is C23H36N4O. The molecule has 3 heterocycles. The number of nitrogens with zero attached hydrogens (tertiary/aromatic N) is 3. The Morgan fingerprint density at radius 2 is 1.86 bits per heavy atom. The van der Waals surface area contributed by atoms with Crippen LogP contribution in [0.1, 0.15) is 45.1 Å². The van der Waals surface area contributed by atoms with Gasteiger partial charge >= 0.3 is 0 Å². The Labute approximate surface area is 170 Å². The first kappa shape index (κ1) is 19.7. The van der Waals surface area contributed by atoms with Gasteiger partial charge in [-0.15, -0.1) is 0 Å². The molecule has 3 aliphatic heterocycles. The highest BCUT2D eigenvalue weighted by molar-refractivity contribution is 5.79. The van der Waals surface area contributed by atoms with Crippen LogP contribution in [0.5, 0.6) is 0 Å². The standard InChI is InChI=1S/C23H36N4O/c1-17(2)27-20-8-9-21(27)16-26(23(28)19-11-13-25(3)14-19)15-18-6-4-5-7-22(18)24-12-10-20/h4-7,17,19-21,24H,8-16H2,1-3H3/t19?,20-,21+/m1/s1. The zero-order valence-electron chi connectivity index (χ0n) is 17.7. The lowest BCUT2D eigenvalue weighted by Crippen LogP contribution is -2.49. The molecule has 2 bridgehead atoms. The van der Waals surface area contributed by atoms with Gasteiger partial charge in [0.05, 0.1) is 5.92 Å². The zero-order valence-corrected chi connectivity index (χ0v) is 17.7. The predicted octanol–water partition coefficient (Wildman–Crippen LogP) is 3.02. The minimum atomic E-state index is 0.153. The van der Waals surface area contributed by atoms with E-state index in [1.54, 1.807) is 0 Å². The van der Waals surface area contributed by atoms with Gasteiger partial charge in [0.2, 0.25) is 5.91 Å². The average Bonchev–Trinajstić information content (AvgIpc) is 3.26. The molecule has 0 aromatic heterocycles. The minimum Gasteiger partial charge on any atom is -0.385 e. The van der Waals surface area contributed by atoms with Gasteiger partial charge in [0.25, 0.3) is 0 Å². The molecule has 4 rings (SSSR count). The normalized spacial score (nSPS) is 29.4. The van der Waals surface area contributed by atoms with Crippen molar-refractivity contribution in [2.75, 3.05) is 38.5 Å². The maximum absolute atomic E-state index is 13.5. The molecule has 0 spiro atoms. The molecule has 1 unspecified atom stereocenters. The third-order valence-corrected chi connectivity index (χ3v) is 6.93. The van der Waals surface area contributed by atoms with Crippen LogP contribution in [0, 0.1) is 5.92 Å². The van der Waals surface area contributed by atoms with Crippen LogP contribution in [0.4, 0.5) is 5.69 Å². The lowest BCUT2D eigenvalue weighted by atomic mass is 10.0. The van der Waals surface area contributed by atoms with Crippen LogP contribution in [0.2, 0.25) is 0 Å². The smallest absolute Gasteiger partial charge is 0.227 e. The largest absolute Gasteiger partial charge is 0.385 e. The Morgan fingerprint density at radius 3 is 2.61 bits per heavy atom. The van der Waals surface area contributed by atoms with Crippen LogP contribution >= 0.6 is 0 Å². The Kier molecular flexibility index (Phi) is 5.93. The van der Waals surface area contributed by atoms with Crippen molar-refractivity contribution in [1.29, 1.82) is 0 Å². The lowest BCUT2D eigenvalue weighted by molar-refractivity contribution is -0.136. The quantitative estimate of drug-likeness (QED) is 0.851. The van der Waals surface area contributed by atoms with Gasteiger partial charge in [0, 0.05) is 50.0 Å². The van der Waals surface area contributed by atoms with Crippen molar-refractivity contribution in [2.24, 2.45) is 5.92 Å². The molecule has 0 saturated carbocycles. The zero-order chi connectivity index (χ0) is 19.7. The van der Waals surface area contributed by atoms with Crippen LogP contribution < -0.4 is 5.32 Å². The summed E-state index contributed by atoms with van der Waals surface area (Å²) in [6.45, 7) is 9.13. The van der Waals surface area contributed by atoms with Gasteiger partial charge in [-0.3, -0.25) is 9.69 Å². The molecule has 3 atom stereocenters. The van der Waals surface area contributed by atoms with Crippen molar-refractivity contribution in [3.05, 3.63) is 29.8 Å². The fraction of sp³-hybridized carbons (Fsp3) is 0.696. The van der Waals surface area contributed by atoms with E-state index in [2.05, 4.69) is 65.2 Å². The molecule has 3 aliphatic rings. The summed E-state index contributed by atoms with van der Waals surface area (Å²) in [6.07, 6.45) is 4.62. The summed E-state index contributed by atoms with van der Waals surface area (Å²) in [4.78, 5) is 20.7. The first-order valence-electron chi connectivity index (χ1n) is 11.1. The molecule has 1 N–H and O–H groups in total. The van der Waals surface area contributed by atoms with E-state index in [-0.39, 0.29) is 5.92 Å². The molecule has 0 radical (unpaired) electrons.